The van der Waals surface area contributed by atoms with Gasteiger partial charge in [0.05, 0.1) is 17.2 Å². The number of aryl methyl sites for hydroxylation is 1. The van der Waals surface area contributed by atoms with Gasteiger partial charge in [-0.25, -0.2) is 0 Å². The molecule has 0 atom stereocenters. The van der Waals surface area contributed by atoms with Crippen molar-refractivity contribution in [2.75, 3.05) is 11.5 Å². The summed E-state index contributed by atoms with van der Waals surface area (Å²) >= 11 is 12.8. The normalized spacial score (nSPS) is 16.0. The molecule has 3 rings (SSSR count). The molecule has 3 nitrogen and oxygen atoms in total. The van der Waals surface area contributed by atoms with Crippen LogP contribution < -0.4 is 9.64 Å². The molecule has 0 aromatic heterocycles. The lowest BCUT2D eigenvalue weighted by Gasteiger charge is -2.16. The third-order valence-electron chi connectivity index (χ3n) is 3.71. The lowest BCUT2D eigenvalue weighted by molar-refractivity contribution is -0.113. The molecule has 128 valence electrons. The van der Waals surface area contributed by atoms with Crippen molar-refractivity contribution in [1.82, 2.24) is 0 Å². The molecule has 0 N–H and O–H groups in total. The minimum atomic E-state index is -0.133. The van der Waals surface area contributed by atoms with E-state index >= 15 is 0 Å². The Bertz CT molecular complexity index is 879. The Hall–Kier alpha value is -1.82. The van der Waals surface area contributed by atoms with Crippen LogP contribution in [-0.4, -0.2) is 16.8 Å². The minimum Gasteiger partial charge on any atom is -0.493 e. The van der Waals surface area contributed by atoms with Crippen LogP contribution in [0.2, 0.25) is 5.02 Å². The van der Waals surface area contributed by atoms with E-state index in [2.05, 4.69) is 0 Å². The van der Waals surface area contributed by atoms with Gasteiger partial charge in [-0.1, -0.05) is 53.8 Å². The summed E-state index contributed by atoms with van der Waals surface area (Å²) < 4.78 is 6.14. The molecule has 1 heterocycles. The van der Waals surface area contributed by atoms with Crippen molar-refractivity contribution in [2.45, 2.75) is 13.8 Å². The number of para-hydroxylation sites is 1. The maximum Gasteiger partial charge on any atom is 0.270 e. The molecule has 1 saturated heterocycles. The second-order valence-electron chi connectivity index (χ2n) is 5.42. The third kappa shape index (κ3) is 3.73. The number of amides is 1. The molecule has 2 aromatic carbocycles. The van der Waals surface area contributed by atoms with Crippen LogP contribution in [0.25, 0.3) is 6.08 Å². The molecule has 0 saturated carbocycles. The fourth-order valence-electron chi connectivity index (χ4n) is 2.55. The Balaban J connectivity index is 1.99. The van der Waals surface area contributed by atoms with Gasteiger partial charge >= 0.3 is 0 Å². The molecular formula is C19H16ClNO2S2. The predicted molar refractivity (Wildman–Crippen MR) is 109 cm³/mol. The van der Waals surface area contributed by atoms with Gasteiger partial charge in [-0.15, -0.1) is 0 Å². The molecule has 1 aliphatic heterocycles. The Morgan fingerprint density at radius 1 is 1.28 bits per heavy atom. The summed E-state index contributed by atoms with van der Waals surface area (Å²) in [5.41, 5.74) is 2.57. The molecule has 0 spiro atoms. The van der Waals surface area contributed by atoms with E-state index in [0.717, 1.165) is 16.8 Å². The van der Waals surface area contributed by atoms with Gasteiger partial charge in [0.1, 0.15) is 5.75 Å². The molecule has 1 aliphatic rings. The second kappa shape index (κ2) is 7.60. The summed E-state index contributed by atoms with van der Waals surface area (Å²) in [6, 6.07) is 13.0. The van der Waals surface area contributed by atoms with E-state index in [4.69, 9.17) is 28.6 Å². The average Bonchev–Trinajstić information content (AvgIpc) is 2.85. The molecule has 0 radical (unpaired) electrons. The highest BCUT2D eigenvalue weighted by molar-refractivity contribution is 8.27. The Morgan fingerprint density at radius 2 is 2.04 bits per heavy atom. The van der Waals surface area contributed by atoms with E-state index in [0.29, 0.717) is 26.6 Å². The first-order valence-corrected chi connectivity index (χ1v) is 9.37. The highest BCUT2D eigenvalue weighted by atomic mass is 35.5. The molecule has 6 heteroatoms. The first-order chi connectivity index (χ1) is 12.0. The number of carbonyl (C=O) groups excluding carboxylic acids is 1. The molecule has 0 unspecified atom stereocenters. The van der Waals surface area contributed by atoms with E-state index in [-0.39, 0.29) is 5.91 Å². The topological polar surface area (TPSA) is 29.5 Å². The maximum atomic E-state index is 12.9. The summed E-state index contributed by atoms with van der Waals surface area (Å²) in [4.78, 5) is 15.0. The van der Waals surface area contributed by atoms with Crippen molar-refractivity contribution >= 4 is 57.6 Å². The van der Waals surface area contributed by atoms with Gasteiger partial charge in [-0.3, -0.25) is 9.69 Å². The molecule has 0 aliphatic carbocycles. The van der Waals surface area contributed by atoms with Gasteiger partial charge in [0.2, 0.25) is 0 Å². The van der Waals surface area contributed by atoms with Gasteiger partial charge in [0.25, 0.3) is 5.91 Å². The maximum absolute atomic E-state index is 12.9. The summed E-state index contributed by atoms with van der Waals surface area (Å²) in [6.07, 6.45) is 1.79. The number of ether oxygens (including phenoxy) is 1. The Labute approximate surface area is 161 Å². The fourth-order valence-corrected chi connectivity index (χ4v) is 4.01. The third-order valence-corrected chi connectivity index (χ3v) is 5.25. The quantitative estimate of drug-likeness (QED) is 0.513. The van der Waals surface area contributed by atoms with Crippen LogP contribution in [0.5, 0.6) is 5.75 Å². The standard InChI is InChI=1S/C19H16ClNO2S2/c1-3-23-16-9-8-14(20)10-13(16)11-17-18(22)21(19(24)25-17)15-7-5-4-6-12(15)2/h4-11H,3H2,1-2H3. The summed E-state index contributed by atoms with van der Waals surface area (Å²) in [6.45, 7) is 4.41. The summed E-state index contributed by atoms with van der Waals surface area (Å²) in [5, 5.41) is 0.587. The predicted octanol–water partition coefficient (Wildman–Crippen LogP) is 5.45. The van der Waals surface area contributed by atoms with Crippen molar-refractivity contribution < 1.29 is 9.53 Å². The highest BCUT2D eigenvalue weighted by Crippen LogP contribution is 2.38. The van der Waals surface area contributed by atoms with Crippen LogP contribution in [0, 0.1) is 6.92 Å². The number of nitrogens with zero attached hydrogens (tertiary/aromatic N) is 1. The molecule has 25 heavy (non-hydrogen) atoms. The van der Waals surface area contributed by atoms with Gasteiger partial charge in [-0.2, -0.15) is 0 Å². The molecule has 1 amide bonds. The monoisotopic (exact) mass is 389 g/mol. The van der Waals surface area contributed by atoms with Gasteiger partial charge < -0.3 is 4.74 Å². The summed E-state index contributed by atoms with van der Waals surface area (Å²) in [5.74, 6) is 0.555. The van der Waals surface area contributed by atoms with E-state index < -0.39 is 0 Å². The number of anilines is 1. The number of hydrogen-bond donors (Lipinski definition) is 0. The number of benzene rings is 2. The van der Waals surface area contributed by atoms with Crippen molar-refractivity contribution in [3.8, 4) is 5.75 Å². The Morgan fingerprint density at radius 3 is 2.76 bits per heavy atom. The minimum absolute atomic E-state index is 0.133. The van der Waals surface area contributed by atoms with Crippen LogP contribution in [0.4, 0.5) is 5.69 Å². The number of thiocarbonyl (C=S) groups is 1. The van der Waals surface area contributed by atoms with E-state index in [1.165, 1.54) is 11.8 Å². The lowest BCUT2D eigenvalue weighted by atomic mass is 10.1. The second-order valence-corrected chi connectivity index (χ2v) is 7.53. The molecule has 0 bridgehead atoms. The smallest absolute Gasteiger partial charge is 0.270 e. The molecule has 1 fully saturated rings. The van der Waals surface area contributed by atoms with Gasteiger partial charge in [0.15, 0.2) is 4.32 Å². The van der Waals surface area contributed by atoms with E-state index in [1.807, 2.05) is 38.1 Å². The average molecular weight is 390 g/mol. The van der Waals surface area contributed by atoms with Crippen LogP contribution >= 0.6 is 35.6 Å². The van der Waals surface area contributed by atoms with Crippen molar-refractivity contribution in [1.29, 1.82) is 0 Å². The first kappa shape index (κ1) is 18.0. The molecular weight excluding hydrogens is 374 g/mol. The number of rotatable bonds is 4. The van der Waals surface area contributed by atoms with Crippen molar-refractivity contribution in [3.05, 3.63) is 63.5 Å². The van der Waals surface area contributed by atoms with Crippen LogP contribution in [0.3, 0.4) is 0 Å². The van der Waals surface area contributed by atoms with Crippen LogP contribution in [0.15, 0.2) is 47.4 Å². The number of hydrogen-bond acceptors (Lipinski definition) is 4. The van der Waals surface area contributed by atoms with Gasteiger partial charge in [-0.05, 0) is 49.8 Å². The zero-order valence-corrected chi connectivity index (χ0v) is 16.2. The van der Waals surface area contributed by atoms with Crippen molar-refractivity contribution in [3.63, 3.8) is 0 Å². The lowest BCUT2D eigenvalue weighted by Crippen LogP contribution is -2.28. The number of thioether (sulfide) groups is 1. The zero-order valence-electron chi connectivity index (χ0n) is 13.8. The fraction of sp³-hybridized carbons (Fsp3) is 0.158. The molecule has 2 aromatic rings. The largest absolute Gasteiger partial charge is 0.493 e. The highest BCUT2D eigenvalue weighted by Gasteiger charge is 2.34. The van der Waals surface area contributed by atoms with Crippen LogP contribution in [-0.2, 0) is 4.79 Å². The van der Waals surface area contributed by atoms with Crippen molar-refractivity contribution in [2.24, 2.45) is 0 Å². The first-order valence-electron chi connectivity index (χ1n) is 7.77. The summed E-state index contributed by atoms with van der Waals surface area (Å²) in [7, 11) is 0. The van der Waals surface area contributed by atoms with Gasteiger partial charge in [0, 0.05) is 10.6 Å². The van der Waals surface area contributed by atoms with E-state index in [1.54, 1.807) is 29.2 Å². The Kier molecular flexibility index (Phi) is 5.47. The number of halogens is 1. The van der Waals surface area contributed by atoms with E-state index in [9.17, 15) is 4.79 Å². The zero-order chi connectivity index (χ0) is 18.0. The number of carbonyl (C=O) groups is 1. The SMILES string of the molecule is CCOc1ccc(Cl)cc1C=C1SC(=S)N(c2ccccc2C)C1=O. The van der Waals surface area contributed by atoms with Crippen LogP contribution in [0.1, 0.15) is 18.1 Å².